The van der Waals surface area contributed by atoms with Crippen molar-refractivity contribution in [1.29, 1.82) is 0 Å². The summed E-state index contributed by atoms with van der Waals surface area (Å²) in [5.74, 6) is 0.792. The maximum absolute atomic E-state index is 13.2. The van der Waals surface area contributed by atoms with Crippen molar-refractivity contribution in [3.8, 4) is 5.75 Å². The number of sulfonamides is 1. The summed E-state index contributed by atoms with van der Waals surface area (Å²) in [5, 5.41) is 13.0. The normalized spacial score (nSPS) is 19.5. The van der Waals surface area contributed by atoms with Crippen LogP contribution in [-0.4, -0.2) is 70.0 Å². The number of carbonyl (C=O) groups excluding carboxylic acids is 1. The fourth-order valence-electron chi connectivity index (χ4n) is 4.15. The van der Waals surface area contributed by atoms with E-state index in [1.807, 2.05) is 12.1 Å². The van der Waals surface area contributed by atoms with Crippen LogP contribution >= 0.6 is 11.6 Å². The van der Waals surface area contributed by atoms with E-state index in [0.29, 0.717) is 29.7 Å². The lowest BCUT2D eigenvalue weighted by Gasteiger charge is -2.30. The molecule has 9 nitrogen and oxygen atoms in total. The molecule has 1 aliphatic carbocycles. The van der Waals surface area contributed by atoms with Gasteiger partial charge in [-0.1, -0.05) is 23.7 Å². The Kier molecular flexibility index (Phi) is 9.67. The van der Waals surface area contributed by atoms with Gasteiger partial charge in [0.05, 0.1) is 25.2 Å². The van der Waals surface area contributed by atoms with Gasteiger partial charge in [-0.15, -0.1) is 0 Å². The summed E-state index contributed by atoms with van der Waals surface area (Å²) in [4.78, 5) is 12.9. The average Bonchev–Trinajstić information content (AvgIpc) is 3.76. The first-order valence-corrected chi connectivity index (χ1v) is 14.4. The number of aliphatic hydroxyl groups excluding tert-OH is 1. The maximum atomic E-state index is 13.2. The van der Waals surface area contributed by atoms with Crippen molar-refractivity contribution in [2.75, 3.05) is 40.0 Å². The fraction of sp³-hybridized carbons (Fsp3) is 0.444. The van der Waals surface area contributed by atoms with Crippen molar-refractivity contribution in [2.24, 2.45) is 5.92 Å². The first-order valence-electron chi connectivity index (χ1n) is 12.6. The van der Waals surface area contributed by atoms with Gasteiger partial charge in [-0.3, -0.25) is 4.79 Å². The smallest absolute Gasteiger partial charge is 0.286 e. The third-order valence-corrected chi connectivity index (χ3v) is 8.68. The van der Waals surface area contributed by atoms with Crippen LogP contribution in [0.1, 0.15) is 30.7 Å². The topological polar surface area (TPSA) is 114 Å². The van der Waals surface area contributed by atoms with Crippen molar-refractivity contribution in [1.82, 2.24) is 9.62 Å². The molecule has 0 saturated heterocycles. The number of nitrogens with zero attached hydrogens (tertiary/aromatic N) is 1. The van der Waals surface area contributed by atoms with Gasteiger partial charge in [-0.2, -0.15) is 4.31 Å². The Morgan fingerprint density at radius 1 is 1.13 bits per heavy atom. The first-order chi connectivity index (χ1) is 18.3. The summed E-state index contributed by atoms with van der Waals surface area (Å²) in [6.45, 7) is 0.168. The molecule has 11 heteroatoms. The molecule has 38 heavy (non-hydrogen) atoms. The zero-order valence-corrected chi connectivity index (χ0v) is 22.8. The third-order valence-electron chi connectivity index (χ3n) is 6.52. The number of rotatable bonds is 13. The van der Waals surface area contributed by atoms with E-state index in [9.17, 15) is 18.3 Å². The van der Waals surface area contributed by atoms with Gasteiger partial charge in [0.1, 0.15) is 5.75 Å². The number of benzene rings is 2. The molecule has 2 atom stereocenters. The van der Waals surface area contributed by atoms with E-state index in [-0.39, 0.29) is 48.8 Å². The number of aliphatic hydroxyl groups is 1. The van der Waals surface area contributed by atoms with Crippen LogP contribution in [0.2, 0.25) is 5.02 Å². The number of halogens is 1. The second-order valence-corrected chi connectivity index (χ2v) is 11.7. The monoisotopic (exact) mass is 564 g/mol. The lowest BCUT2D eigenvalue weighted by atomic mass is 9.93. The van der Waals surface area contributed by atoms with Crippen molar-refractivity contribution < 1.29 is 32.5 Å². The molecule has 2 aromatic carbocycles. The highest BCUT2D eigenvalue weighted by molar-refractivity contribution is 7.89. The third kappa shape index (κ3) is 7.48. The molecule has 206 valence electrons. The van der Waals surface area contributed by atoms with E-state index in [0.717, 1.165) is 22.7 Å². The number of hydrogen-bond acceptors (Lipinski definition) is 7. The lowest BCUT2D eigenvalue weighted by Crippen LogP contribution is -2.38. The van der Waals surface area contributed by atoms with Gasteiger partial charge in [0, 0.05) is 37.0 Å². The summed E-state index contributed by atoms with van der Waals surface area (Å²) < 4.78 is 44.4. The SMILES string of the molecule is COc1ccc(S(=O)(=O)N(CCO)CCO[C@@H]2C[C@H](c3ccc(Cl)cc3)C=C(C(=O)NCC3CC3)O2)cc1. The van der Waals surface area contributed by atoms with Gasteiger partial charge in [-0.25, -0.2) is 8.42 Å². The van der Waals surface area contributed by atoms with Crippen LogP contribution in [0.25, 0.3) is 0 Å². The van der Waals surface area contributed by atoms with E-state index in [1.54, 1.807) is 30.3 Å². The Morgan fingerprint density at radius 3 is 2.47 bits per heavy atom. The molecule has 0 unspecified atom stereocenters. The van der Waals surface area contributed by atoms with Crippen molar-refractivity contribution in [3.63, 3.8) is 0 Å². The predicted octanol–water partition coefficient (Wildman–Crippen LogP) is 3.29. The summed E-state index contributed by atoms with van der Waals surface area (Å²) in [6.07, 6.45) is 3.69. The molecule has 1 aliphatic heterocycles. The standard InChI is InChI=1S/C27H33ClN2O7S/c1-35-23-8-10-24(11-9-23)38(33,34)30(12-14-31)13-15-36-26-17-21(20-4-6-22(28)7-5-20)16-25(37-26)27(32)29-18-19-2-3-19/h4-11,16,19,21,26,31H,2-3,12-15,17-18H2,1H3,(H,29,32)/t21-,26+/m1/s1. The van der Waals surface area contributed by atoms with Crippen LogP contribution in [0.4, 0.5) is 0 Å². The van der Waals surface area contributed by atoms with Gasteiger partial charge in [0.25, 0.3) is 5.91 Å². The largest absolute Gasteiger partial charge is 0.497 e. The molecule has 1 saturated carbocycles. The molecule has 0 radical (unpaired) electrons. The van der Waals surface area contributed by atoms with Crippen LogP contribution < -0.4 is 10.1 Å². The van der Waals surface area contributed by atoms with Gasteiger partial charge in [0.2, 0.25) is 16.3 Å². The number of allylic oxidation sites excluding steroid dienone is 1. The van der Waals surface area contributed by atoms with E-state index in [1.165, 1.54) is 19.2 Å². The van der Waals surface area contributed by atoms with Crippen molar-refractivity contribution in [2.45, 2.75) is 36.4 Å². The van der Waals surface area contributed by atoms with Gasteiger partial charge in [-0.05, 0) is 66.8 Å². The molecule has 2 aromatic rings. The Morgan fingerprint density at radius 2 is 1.84 bits per heavy atom. The van der Waals surface area contributed by atoms with E-state index < -0.39 is 16.3 Å². The quantitative estimate of drug-likeness (QED) is 0.384. The van der Waals surface area contributed by atoms with Gasteiger partial charge in [0.15, 0.2) is 5.76 Å². The number of amides is 1. The van der Waals surface area contributed by atoms with Gasteiger partial charge < -0.3 is 24.6 Å². The van der Waals surface area contributed by atoms with Gasteiger partial charge >= 0.3 is 0 Å². The molecule has 2 N–H and O–H groups in total. The Hall–Kier alpha value is -2.63. The second kappa shape index (κ2) is 12.9. The highest BCUT2D eigenvalue weighted by Crippen LogP contribution is 2.33. The molecule has 1 amide bonds. The van der Waals surface area contributed by atoms with Crippen LogP contribution in [0.15, 0.2) is 65.3 Å². The zero-order valence-electron chi connectivity index (χ0n) is 21.2. The lowest BCUT2D eigenvalue weighted by molar-refractivity contribution is -0.146. The van der Waals surface area contributed by atoms with Crippen LogP contribution in [0, 0.1) is 5.92 Å². The molecule has 1 fully saturated rings. The van der Waals surface area contributed by atoms with Crippen LogP contribution in [0.5, 0.6) is 5.75 Å². The Bertz CT molecular complexity index is 1210. The van der Waals surface area contributed by atoms with E-state index in [2.05, 4.69) is 5.32 Å². The minimum atomic E-state index is -3.87. The van der Waals surface area contributed by atoms with E-state index in [4.69, 9.17) is 25.8 Å². The second-order valence-electron chi connectivity index (χ2n) is 9.30. The summed E-state index contributed by atoms with van der Waals surface area (Å²) in [6, 6.07) is 13.4. The van der Waals surface area contributed by atoms with Crippen molar-refractivity contribution >= 4 is 27.5 Å². The minimum absolute atomic E-state index is 0.00433. The molecule has 0 aromatic heterocycles. The summed E-state index contributed by atoms with van der Waals surface area (Å²) in [5.41, 5.74) is 0.961. The molecular weight excluding hydrogens is 532 g/mol. The van der Waals surface area contributed by atoms with Crippen LogP contribution in [-0.2, 0) is 24.3 Å². The van der Waals surface area contributed by atoms with Crippen molar-refractivity contribution in [3.05, 3.63) is 71.0 Å². The average molecular weight is 565 g/mol. The maximum Gasteiger partial charge on any atom is 0.286 e. The number of nitrogens with one attached hydrogen (secondary N) is 1. The summed E-state index contributed by atoms with van der Waals surface area (Å²) in [7, 11) is -2.37. The zero-order chi connectivity index (χ0) is 27.1. The number of ether oxygens (including phenoxy) is 3. The molecule has 1 heterocycles. The first kappa shape index (κ1) is 28.4. The molecule has 4 rings (SSSR count). The molecule has 2 aliphatic rings. The highest BCUT2D eigenvalue weighted by atomic mass is 35.5. The molecule has 0 spiro atoms. The Labute approximate surface area is 228 Å². The predicted molar refractivity (Wildman–Crippen MR) is 142 cm³/mol. The Balaban J connectivity index is 1.42. The minimum Gasteiger partial charge on any atom is -0.497 e. The van der Waals surface area contributed by atoms with Crippen LogP contribution in [0.3, 0.4) is 0 Å². The number of carbonyl (C=O) groups is 1. The molecule has 0 bridgehead atoms. The number of methoxy groups -OCH3 is 1. The fourth-order valence-corrected chi connectivity index (χ4v) is 5.69. The van der Waals surface area contributed by atoms with E-state index >= 15 is 0 Å². The highest BCUT2D eigenvalue weighted by Gasteiger charge is 2.31. The summed E-state index contributed by atoms with van der Waals surface area (Å²) >= 11 is 6.05. The number of hydrogen-bond donors (Lipinski definition) is 2. The molecular formula is C27H33ClN2O7S.